The van der Waals surface area contributed by atoms with Gasteiger partial charge < -0.3 is 25.8 Å². The molecule has 1 aliphatic heterocycles. The van der Waals surface area contributed by atoms with Crippen LogP contribution < -0.4 is 25.8 Å². The summed E-state index contributed by atoms with van der Waals surface area (Å²) in [6.07, 6.45) is 2.49. The average Bonchev–Trinajstić information content (AvgIpc) is 3.17. The van der Waals surface area contributed by atoms with Crippen LogP contribution in [0.25, 0.3) is 0 Å². The van der Waals surface area contributed by atoms with Crippen LogP contribution in [0.15, 0.2) is 48.8 Å². The largest absolute Gasteiger partial charge is 0.454 e. The Kier molecular flexibility index (Phi) is 4.65. The van der Waals surface area contributed by atoms with E-state index in [4.69, 9.17) is 15.2 Å². The van der Waals surface area contributed by atoms with E-state index in [9.17, 15) is 0 Å². The fraction of sp³-hybridized carbons (Fsp3) is 0.200. The third-order valence-electron chi connectivity index (χ3n) is 4.41. The van der Waals surface area contributed by atoms with Gasteiger partial charge in [-0.15, -0.1) is 0 Å². The Hall–Kier alpha value is -3.48. The van der Waals surface area contributed by atoms with E-state index in [1.165, 1.54) is 11.9 Å². The van der Waals surface area contributed by atoms with Crippen molar-refractivity contribution in [2.75, 3.05) is 23.2 Å². The fourth-order valence-corrected chi connectivity index (χ4v) is 2.83. The third kappa shape index (κ3) is 3.72. The van der Waals surface area contributed by atoms with Crippen molar-refractivity contribution in [2.24, 2.45) is 0 Å². The number of ether oxygens (including phenoxy) is 2. The van der Waals surface area contributed by atoms with E-state index in [0.29, 0.717) is 23.9 Å². The molecule has 0 fully saturated rings. The molecule has 0 spiro atoms. The molecule has 0 amide bonds. The van der Waals surface area contributed by atoms with Gasteiger partial charge in [0, 0.05) is 12.2 Å². The van der Waals surface area contributed by atoms with Crippen LogP contribution in [0, 0.1) is 0 Å². The van der Waals surface area contributed by atoms with E-state index >= 15 is 0 Å². The highest BCUT2D eigenvalue weighted by molar-refractivity contribution is 5.77. The molecule has 138 valence electrons. The summed E-state index contributed by atoms with van der Waals surface area (Å²) in [5.41, 5.74) is 9.97. The SMILES string of the molecule is CCc1ccc(Nc2ncnc(NCc3ccc4c(c3)OCO4)c2N)cc1. The first kappa shape index (κ1) is 17.0. The van der Waals surface area contributed by atoms with E-state index in [0.717, 1.165) is 29.2 Å². The lowest BCUT2D eigenvalue weighted by Crippen LogP contribution is -2.08. The molecule has 0 saturated heterocycles. The monoisotopic (exact) mass is 363 g/mol. The normalized spacial score (nSPS) is 12.0. The number of nitrogens with two attached hydrogens (primary N) is 1. The average molecular weight is 363 g/mol. The molecule has 27 heavy (non-hydrogen) atoms. The summed E-state index contributed by atoms with van der Waals surface area (Å²) in [6, 6.07) is 14.0. The molecule has 0 aliphatic carbocycles. The van der Waals surface area contributed by atoms with Crippen LogP contribution in [0.3, 0.4) is 0 Å². The Bertz CT molecular complexity index is 944. The molecule has 7 nitrogen and oxygen atoms in total. The van der Waals surface area contributed by atoms with Gasteiger partial charge in [-0.05, 0) is 41.8 Å². The lowest BCUT2D eigenvalue weighted by molar-refractivity contribution is 0.174. The molecule has 0 unspecified atom stereocenters. The second-order valence-corrected chi connectivity index (χ2v) is 6.20. The van der Waals surface area contributed by atoms with E-state index in [2.05, 4.69) is 39.7 Å². The molecule has 1 aromatic heterocycles. The predicted octanol–water partition coefficient (Wildman–Crippen LogP) is 3.71. The number of aromatic nitrogens is 2. The van der Waals surface area contributed by atoms with E-state index < -0.39 is 0 Å². The zero-order chi connectivity index (χ0) is 18.6. The van der Waals surface area contributed by atoms with Gasteiger partial charge in [0.15, 0.2) is 23.1 Å². The number of rotatable bonds is 6. The van der Waals surface area contributed by atoms with Crippen LogP contribution in [0.1, 0.15) is 18.1 Å². The molecular formula is C20H21N5O2. The molecule has 0 saturated carbocycles. The highest BCUT2D eigenvalue weighted by Crippen LogP contribution is 2.33. The minimum Gasteiger partial charge on any atom is -0.454 e. The smallest absolute Gasteiger partial charge is 0.231 e. The Morgan fingerprint density at radius 3 is 2.52 bits per heavy atom. The number of nitrogens with zero attached hydrogens (tertiary/aromatic N) is 2. The van der Waals surface area contributed by atoms with E-state index in [1.807, 2.05) is 30.3 Å². The van der Waals surface area contributed by atoms with E-state index in [1.54, 1.807) is 0 Å². The summed E-state index contributed by atoms with van der Waals surface area (Å²) < 4.78 is 10.7. The molecule has 3 aromatic rings. The molecule has 4 N–H and O–H groups in total. The number of aryl methyl sites for hydroxylation is 1. The van der Waals surface area contributed by atoms with Gasteiger partial charge in [0.1, 0.15) is 12.0 Å². The minimum atomic E-state index is 0.263. The first-order valence-electron chi connectivity index (χ1n) is 8.82. The number of anilines is 4. The summed E-state index contributed by atoms with van der Waals surface area (Å²) in [5.74, 6) is 2.67. The van der Waals surface area contributed by atoms with Crippen LogP contribution in [0.5, 0.6) is 11.5 Å². The molecule has 0 atom stereocenters. The van der Waals surface area contributed by atoms with Crippen molar-refractivity contribution in [2.45, 2.75) is 19.9 Å². The topological polar surface area (TPSA) is 94.3 Å². The Labute approximate surface area is 157 Å². The molecule has 2 heterocycles. The maximum atomic E-state index is 6.25. The third-order valence-corrected chi connectivity index (χ3v) is 4.41. The van der Waals surface area contributed by atoms with Crippen LogP contribution in [-0.2, 0) is 13.0 Å². The summed E-state index contributed by atoms with van der Waals surface area (Å²) in [7, 11) is 0. The van der Waals surface area contributed by atoms with Crippen molar-refractivity contribution in [3.05, 3.63) is 59.9 Å². The summed E-state index contributed by atoms with van der Waals surface area (Å²) in [6.45, 7) is 2.95. The zero-order valence-electron chi connectivity index (χ0n) is 15.0. The summed E-state index contributed by atoms with van der Waals surface area (Å²) in [5, 5.41) is 6.50. The highest BCUT2D eigenvalue weighted by Gasteiger charge is 2.14. The Morgan fingerprint density at radius 2 is 1.70 bits per heavy atom. The molecule has 4 rings (SSSR count). The molecule has 1 aliphatic rings. The molecule has 7 heteroatoms. The van der Waals surface area contributed by atoms with Gasteiger partial charge in [0.2, 0.25) is 6.79 Å². The maximum Gasteiger partial charge on any atom is 0.231 e. The number of nitrogens with one attached hydrogen (secondary N) is 2. The first-order valence-corrected chi connectivity index (χ1v) is 8.82. The number of hydrogen-bond donors (Lipinski definition) is 3. The van der Waals surface area contributed by atoms with Gasteiger partial charge in [-0.1, -0.05) is 25.1 Å². The van der Waals surface area contributed by atoms with Gasteiger partial charge in [-0.25, -0.2) is 9.97 Å². The van der Waals surface area contributed by atoms with Crippen LogP contribution in [0.4, 0.5) is 23.0 Å². The minimum absolute atomic E-state index is 0.263. The van der Waals surface area contributed by atoms with Crippen LogP contribution >= 0.6 is 0 Å². The van der Waals surface area contributed by atoms with Crippen molar-refractivity contribution in [3.63, 3.8) is 0 Å². The summed E-state index contributed by atoms with van der Waals surface area (Å²) >= 11 is 0. The predicted molar refractivity (Wildman–Crippen MR) is 105 cm³/mol. The molecule has 0 radical (unpaired) electrons. The number of hydrogen-bond acceptors (Lipinski definition) is 7. The molecular weight excluding hydrogens is 342 g/mol. The van der Waals surface area contributed by atoms with Crippen molar-refractivity contribution in [1.82, 2.24) is 9.97 Å². The first-order chi connectivity index (χ1) is 13.2. The Balaban J connectivity index is 1.46. The second kappa shape index (κ2) is 7.41. The number of fused-ring (bicyclic) bond motifs is 1. The Morgan fingerprint density at radius 1 is 0.963 bits per heavy atom. The fourth-order valence-electron chi connectivity index (χ4n) is 2.83. The lowest BCUT2D eigenvalue weighted by Gasteiger charge is -2.13. The summed E-state index contributed by atoms with van der Waals surface area (Å²) in [4.78, 5) is 8.51. The quantitative estimate of drug-likeness (QED) is 0.614. The van der Waals surface area contributed by atoms with Crippen molar-refractivity contribution in [1.29, 1.82) is 0 Å². The molecule has 0 bridgehead atoms. The van der Waals surface area contributed by atoms with Gasteiger partial charge in [0.05, 0.1) is 0 Å². The zero-order valence-corrected chi connectivity index (χ0v) is 15.0. The standard InChI is InChI=1S/C20H21N5O2/c1-2-13-3-6-15(7-4-13)25-20-18(21)19(23-11-24-20)22-10-14-5-8-16-17(9-14)27-12-26-16/h3-9,11H,2,10,12,21H2,1H3,(H2,22,23,24,25). The van der Waals surface area contributed by atoms with Gasteiger partial charge in [0.25, 0.3) is 0 Å². The second-order valence-electron chi connectivity index (χ2n) is 6.20. The maximum absolute atomic E-state index is 6.25. The van der Waals surface area contributed by atoms with Crippen molar-refractivity contribution < 1.29 is 9.47 Å². The van der Waals surface area contributed by atoms with Crippen LogP contribution in [0.2, 0.25) is 0 Å². The van der Waals surface area contributed by atoms with Gasteiger partial charge >= 0.3 is 0 Å². The van der Waals surface area contributed by atoms with E-state index in [-0.39, 0.29) is 6.79 Å². The van der Waals surface area contributed by atoms with Gasteiger partial charge in [-0.3, -0.25) is 0 Å². The molecule has 2 aromatic carbocycles. The van der Waals surface area contributed by atoms with Crippen molar-refractivity contribution >= 4 is 23.0 Å². The van der Waals surface area contributed by atoms with Crippen LogP contribution in [-0.4, -0.2) is 16.8 Å². The highest BCUT2D eigenvalue weighted by atomic mass is 16.7. The number of benzene rings is 2. The van der Waals surface area contributed by atoms with Gasteiger partial charge in [-0.2, -0.15) is 0 Å². The van der Waals surface area contributed by atoms with Crippen molar-refractivity contribution in [3.8, 4) is 11.5 Å². The lowest BCUT2D eigenvalue weighted by atomic mass is 10.1. The number of nitrogen functional groups attached to an aromatic ring is 1.